The first kappa shape index (κ1) is 15.1. The number of nitrogens with zero attached hydrogens (tertiary/aromatic N) is 1. The van der Waals surface area contributed by atoms with Crippen molar-refractivity contribution in [1.29, 1.82) is 5.26 Å². The van der Waals surface area contributed by atoms with Crippen LogP contribution < -0.4 is 5.32 Å². The number of halogens is 1. The molecule has 0 aliphatic rings. The molecule has 0 radical (unpaired) electrons. The van der Waals surface area contributed by atoms with E-state index >= 15 is 0 Å². The van der Waals surface area contributed by atoms with E-state index in [0.29, 0.717) is 17.8 Å². The van der Waals surface area contributed by atoms with Crippen LogP contribution >= 0.6 is 0 Å². The Kier molecular flexibility index (Phi) is 4.28. The molecule has 0 saturated heterocycles. The molecular formula is C18H19FN2. The van der Waals surface area contributed by atoms with Gasteiger partial charge < -0.3 is 5.32 Å². The van der Waals surface area contributed by atoms with Crippen molar-refractivity contribution in [3.8, 4) is 6.07 Å². The Labute approximate surface area is 125 Å². The van der Waals surface area contributed by atoms with Crippen LogP contribution in [-0.2, 0) is 12.0 Å². The normalized spacial score (nSPS) is 11.0. The van der Waals surface area contributed by atoms with E-state index < -0.39 is 5.82 Å². The highest BCUT2D eigenvalue weighted by molar-refractivity contribution is 5.49. The smallest absolute Gasteiger partial charge is 0.147 e. The van der Waals surface area contributed by atoms with Crippen molar-refractivity contribution in [2.45, 2.75) is 32.7 Å². The van der Waals surface area contributed by atoms with Crippen molar-refractivity contribution in [1.82, 2.24) is 0 Å². The lowest BCUT2D eigenvalue weighted by atomic mass is 9.87. The predicted molar refractivity (Wildman–Crippen MR) is 83.6 cm³/mol. The largest absolute Gasteiger partial charge is 0.379 e. The van der Waals surface area contributed by atoms with Crippen LogP contribution in [0, 0.1) is 17.1 Å². The molecule has 2 nitrogen and oxygen atoms in total. The van der Waals surface area contributed by atoms with Crippen LogP contribution in [-0.4, -0.2) is 0 Å². The van der Waals surface area contributed by atoms with Crippen LogP contribution in [0.25, 0.3) is 0 Å². The molecule has 0 bridgehead atoms. The molecule has 0 unspecified atom stereocenters. The molecule has 0 aromatic heterocycles. The number of anilines is 1. The van der Waals surface area contributed by atoms with Gasteiger partial charge in [0, 0.05) is 6.54 Å². The minimum absolute atomic E-state index is 0.130. The van der Waals surface area contributed by atoms with Gasteiger partial charge in [0.1, 0.15) is 5.82 Å². The SMILES string of the molecule is CC(C)(C)c1ccc(CNc2ccc(C#N)cc2F)cc1. The molecule has 0 atom stereocenters. The van der Waals surface area contributed by atoms with E-state index in [-0.39, 0.29) is 5.41 Å². The summed E-state index contributed by atoms with van der Waals surface area (Å²) in [5.74, 6) is -0.402. The van der Waals surface area contributed by atoms with Gasteiger partial charge in [-0.05, 0) is 34.7 Å². The number of nitriles is 1. The van der Waals surface area contributed by atoms with Gasteiger partial charge in [-0.2, -0.15) is 5.26 Å². The minimum Gasteiger partial charge on any atom is -0.379 e. The van der Waals surface area contributed by atoms with Gasteiger partial charge in [0.05, 0.1) is 17.3 Å². The van der Waals surface area contributed by atoms with Gasteiger partial charge in [-0.15, -0.1) is 0 Å². The number of benzene rings is 2. The highest BCUT2D eigenvalue weighted by Crippen LogP contribution is 2.22. The van der Waals surface area contributed by atoms with Crippen molar-refractivity contribution in [2.75, 3.05) is 5.32 Å². The average molecular weight is 282 g/mol. The molecule has 0 amide bonds. The molecule has 0 spiro atoms. The Balaban J connectivity index is 2.05. The van der Waals surface area contributed by atoms with E-state index in [4.69, 9.17) is 5.26 Å². The van der Waals surface area contributed by atoms with Gasteiger partial charge in [-0.25, -0.2) is 4.39 Å². The number of rotatable bonds is 3. The maximum absolute atomic E-state index is 13.7. The summed E-state index contributed by atoms with van der Waals surface area (Å²) in [5, 5.41) is 11.8. The fourth-order valence-corrected chi connectivity index (χ4v) is 2.05. The summed E-state index contributed by atoms with van der Waals surface area (Å²) in [6, 6.07) is 14.7. The van der Waals surface area contributed by atoms with Gasteiger partial charge in [0.15, 0.2) is 0 Å². The number of hydrogen-bond acceptors (Lipinski definition) is 2. The molecule has 2 rings (SSSR count). The Morgan fingerprint density at radius 2 is 1.76 bits per heavy atom. The second-order valence-electron chi connectivity index (χ2n) is 6.11. The molecule has 2 aromatic rings. The average Bonchev–Trinajstić information content (AvgIpc) is 2.45. The highest BCUT2D eigenvalue weighted by atomic mass is 19.1. The predicted octanol–water partition coefficient (Wildman–Crippen LogP) is 4.61. The van der Waals surface area contributed by atoms with Crippen LogP contribution in [0.1, 0.15) is 37.5 Å². The maximum Gasteiger partial charge on any atom is 0.147 e. The molecule has 0 heterocycles. The van der Waals surface area contributed by atoms with E-state index in [1.807, 2.05) is 6.07 Å². The Hall–Kier alpha value is -2.34. The first-order valence-corrected chi connectivity index (χ1v) is 6.93. The zero-order valence-corrected chi connectivity index (χ0v) is 12.6. The summed E-state index contributed by atoms with van der Waals surface area (Å²) >= 11 is 0. The molecule has 0 aliphatic carbocycles. The molecule has 21 heavy (non-hydrogen) atoms. The number of hydrogen-bond donors (Lipinski definition) is 1. The summed E-state index contributed by atoms with van der Waals surface area (Å²) in [7, 11) is 0. The zero-order chi connectivity index (χ0) is 15.5. The van der Waals surface area contributed by atoms with E-state index in [1.54, 1.807) is 12.1 Å². The van der Waals surface area contributed by atoms with Crippen molar-refractivity contribution in [2.24, 2.45) is 0 Å². The second-order valence-corrected chi connectivity index (χ2v) is 6.11. The quantitative estimate of drug-likeness (QED) is 0.892. The highest BCUT2D eigenvalue weighted by Gasteiger charge is 2.12. The summed E-state index contributed by atoms with van der Waals surface area (Å²) < 4.78 is 13.7. The van der Waals surface area contributed by atoms with E-state index in [0.717, 1.165) is 5.56 Å². The molecule has 0 fully saturated rings. The molecule has 108 valence electrons. The van der Waals surface area contributed by atoms with Crippen LogP contribution in [0.3, 0.4) is 0 Å². The Bertz CT molecular complexity index is 661. The van der Waals surface area contributed by atoms with Gasteiger partial charge in [0.2, 0.25) is 0 Å². The minimum atomic E-state index is -0.402. The van der Waals surface area contributed by atoms with Gasteiger partial charge in [-0.3, -0.25) is 0 Å². The lowest BCUT2D eigenvalue weighted by molar-refractivity contribution is 0.590. The van der Waals surface area contributed by atoms with Gasteiger partial charge >= 0.3 is 0 Å². The monoisotopic (exact) mass is 282 g/mol. The van der Waals surface area contributed by atoms with Gasteiger partial charge in [-0.1, -0.05) is 45.0 Å². The standard InChI is InChI=1S/C18H19FN2/c1-18(2,3)15-7-4-13(5-8-15)12-21-17-9-6-14(11-20)10-16(17)19/h4-10,21H,12H2,1-3H3. The molecule has 3 heteroatoms. The summed E-state index contributed by atoms with van der Waals surface area (Å²) in [6.07, 6.45) is 0. The topological polar surface area (TPSA) is 35.8 Å². The summed E-state index contributed by atoms with van der Waals surface area (Å²) in [6.45, 7) is 7.07. The van der Waals surface area contributed by atoms with Crippen molar-refractivity contribution in [3.05, 3.63) is 65.0 Å². The fourth-order valence-electron chi connectivity index (χ4n) is 2.05. The van der Waals surface area contributed by atoms with E-state index in [1.165, 1.54) is 11.6 Å². The summed E-state index contributed by atoms with van der Waals surface area (Å²) in [5.41, 5.74) is 3.23. The Morgan fingerprint density at radius 3 is 2.29 bits per heavy atom. The van der Waals surface area contributed by atoms with Crippen LogP contribution in [0.4, 0.5) is 10.1 Å². The molecule has 2 aromatic carbocycles. The molecule has 0 saturated carbocycles. The van der Waals surface area contributed by atoms with E-state index in [9.17, 15) is 4.39 Å². The lowest BCUT2D eigenvalue weighted by Crippen LogP contribution is -2.11. The fraction of sp³-hybridized carbons (Fsp3) is 0.278. The third kappa shape index (κ3) is 3.82. The van der Waals surface area contributed by atoms with Crippen molar-refractivity contribution < 1.29 is 4.39 Å². The van der Waals surface area contributed by atoms with Crippen LogP contribution in [0.5, 0.6) is 0 Å². The lowest BCUT2D eigenvalue weighted by Gasteiger charge is -2.19. The summed E-state index contributed by atoms with van der Waals surface area (Å²) in [4.78, 5) is 0. The van der Waals surface area contributed by atoms with Gasteiger partial charge in [0.25, 0.3) is 0 Å². The second kappa shape index (κ2) is 5.97. The third-order valence-electron chi connectivity index (χ3n) is 3.40. The third-order valence-corrected chi connectivity index (χ3v) is 3.40. The van der Waals surface area contributed by atoms with E-state index in [2.05, 4.69) is 50.4 Å². The number of nitrogens with one attached hydrogen (secondary N) is 1. The zero-order valence-electron chi connectivity index (χ0n) is 12.6. The first-order chi connectivity index (χ1) is 9.90. The molecule has 1 N–H and O–H groups in total. The van der Waals surface area contributed by atoms with Crippen molar-refractivity contribution in [3.63, 3.8) is 0 Å². The maximum atomic E-state index is 13.7. The molecular weight excluding hydrogens is 263 g/mol. The first-order valence-electron chi connectivity index (χ1n) is 6.93. The van der Waals surface area contributed by atoms with Crippen molar-refractivity contribution >= 4 is 5.69 Å². The molecule has 0 aliphatic heterocycles. The van der Waals surface area contributed by atoms with Crippen LogP contribution in [0.2, 0.25) is 0 Å². The Morgan fingerprint density at radius 1 is 1.10 bits per heavy atom. The van der Waals surface area contributed by atoms with Crippen LogP contribution in [0.15, 0.2) is 42.5 Å².